The van der Waals surface area contributed by atoms with E-state index in [1.807, 2.05) is 19.1 Å². The lowest BCUT2D eigenvalue weighted by Gasteiger charge is -2.20. The highest BCUT2D eigenvalue weighted by Crippen LogP contribution is 2.28. The average molecular weight is 342 g/mol. The van der Waals surface area contributed by atoms with Crippen molar-refractivity contribution in [2.75, 3.05) is 12.4 Å². The van der Waals surface area contributed by atoms with Crippen molar-refractivity contribution in [2.24, 2.45) is 0 Å². The molecule has 0 aliphatic heterocycles. The van der Waals surface area contributed by atoms with Gasteiger partial charge < -0.3 is 8.92 Å². The summed E-state index contributed by atoms with van der Waals surface area (Å²) in [6.07, 6.45) is 0.249. The summed E-state index contributed by atoms with van der Waals surface area (Å²) >= 11 is 0. The summed E-state index contributed by atoms with van der Waals surface area (Å²) in [7, 11) is -3.72. The molecule has 0 radical (unpaired) electrons. The van der Waals surface area contributed by atoms with E-state index in [9.17, 15) is 13.2 Å². The van der Waals surface area contributed by atoms with E-state index in [1.165, 1.54) is 0 Å². The minimum absolute atomic E-state index is 0.0121. The van der Waals surface area contributed by atoms with Gasteiger partial charge in [0.2, 0.25) is 0 Å². The highest BCUT2D eigenvalue weighted by molar-refractivity contribution is 7.87. The van der Waals surface area contributed by atoms with Crippen LogP contribution in [0.5, 0.6) is 5.75 Å². The molecule has 0 aromatic heterocycles. The van der Waals surface area contributed by atoms with E-state index in [0.717, 1.165) is 11.1 Å². The molecule has 1 rings (SSSR count). The van der Waals surface area contributed by atoms with Gasteiger partial charge in [-0.25, -0.2) is 0 Å². The van der Waals surface area contributed by atoms with E-state index in [1.54, 1.807) is 13.0 Å². The summed E-state index contributed by atoms with van der Waals surface area (Å²) in [5.74, 6) is -0.283. The van der Waals surface area contributed by atoms with Crippen molar-refractivity contribution in [1.82, 2.24) is 0 Å². The molecule has 0 aliphatic carbocycles. The summed E-state index contributed by atoms with van der Waals surface area (Å²) in [5.41, 5.74) is 1.87. The lowest BCUT2D eigenvalue weighted by Crippen LogP contribution is -2.16. The number of carbonyl (C=O) groups is 1. The predicted octanol–water partition coefficient (Wildman–Crippen LogP) is 3.34. The highest BCUT2D eigenvalue weighted by atomic mass is 32.2. The van der Waals surface area contributed by atoms with Crippen molar-refractivity contribution < 1.29 is 22.1 Å². The molecule has 0 saturated heterocycles. The van der Waals surface area contributed by atoms with Crippen molar-refractivity contribution in [2.45, 2.75) is 52.9 Å². The van der Waals surface area contributed by atoms with E-state index in [0.29, 0.717) is 12.4 Å². The SMILES string of the molecule is CCOC(=O)CCCS(=O)(=O)Oc1ccc(C(C)(C)C)cc1C. The largest absolute Gasteiger partial charge is 0.466 e. The van der Waals surface area contributed by atoms with Gasteiger partial charge in [0.15, 0.2) is 0 Å². The number of hydrogen-bond acceptors (Lipinski definition) is 5. The van der Waals surface area contributed by atoms with E-state index in [2.05, 4.69) is 20.8 Å². The van der Waals surface area contributed by atoms with Crippen LogP contribution in [0.2, 0.25) is 0 Å². The molecule has 130 valence electrons. The van der Waals surface area contributed by atoms with E-state index < -0.39 is 16.1 Å². The molecule has 0 heterocycles. The van der Waals surface area contributed by atoms with Gasteiger partial charge in [0.25, 0.3) is 0 Å². The molecule has 1 aromatic rings. The molecule has 0 bridgehead atoms. The van der Waals surface area contributed by atoms with Crippen molar-refractivity contribution in [3.8, 4) is 5.75 Å². The van der Waals surface area contributed by atoms with Gasteiger partial charge in [0.1, 0.15) is 5.75 Å². The summed E-state index contributed by atoms with van der Waals surface area (Å²) in [6, 6.07) is 5.48. The molecule has 5 nitrogen and oxygen atoms in total. The Kier molecular flexibility index (Phi) is 6.62. The number of carbonyl (C=O) groups excluding carboxylic acids is 1. The van der Waals surface area contributed by atoms with E-state index in [-0.39, 0.29) is 24.0 Å². The third kappa shape index (κ3) is 6.60. The van der Waals surface area contributed by atoms with Crippen LogP contribution in [0.25, 0.3) is 0 Å². The van der Waals surface area contributed by atoms with Crippen LogP contribution in [-0.4, -0.2) is 26.7 Å². The quantitative estimate of drug-likeness (QED) is 0.561. The second-order valence-corrected chi connectivity index (χ2v) is 8.17. The van der Waals surface area contributed by atoms with Gasteiger partial charge in [-0.05, 0) is 42.9 Å². The number of benzene rings is 1. The van der Waals surface area contributed by atoms with Crippen LogP contribution in [0.1, 0.15) is 51.7 Å². The van der Waals surface area contributed by atoms with Gasteiger partial charge in [-0.3, -0.25) is 4.79 Å². The Morgan fingerprint density at radius 1 is 1.22 bits per heavy atom. The fourth-order valence-electron chi connectivity index (χ4n) is 2.01. The maximum Gasteiger partial charge on any atom is 0.309 e. The van der Waals surface area contributed by atoms with Crippen LogP contribution in [0.15, 0.2) is 18.2 Å². The first-order chi connectivity index (χ1) is 10.5. The molecule has 0 unspecified atom stereocenters. The smallest absolute Gasteiger partial charge is 0.309 e. The Morgan fingerprint density at radius 3 is 2.39 bits per heavy atom. The van der Waals surface area contributed by atoms with Crippen LogP contribution in [0.3, 0.4) is 0 Å². The maximum absolute atomic E-state index is 12.0. The number of hydrogen-bond donors (Lipinski definition) is 0. The van der Waals surface area contributed by atoms with Gasteiger partial charge in [-0.1, -0.05) is 32.9 Å². The third-order valence-electron chi connectivity index (χ3n) is 3.34. The lowest BCUT2D eigenvalue weighted by molar-refractivity contribution is -0.143. The number of rotatable bonds is 7. The first-order valence-electron chi connectivity index (χ1n) is 7.74. The normalized spacial score (nSPS) is 12.0. The van der Waals surface area contributed by atoms with E-state index in [4.69, 9.17) is 8.92 Å². The van der Waals surface area contributed by atoms with Crippen molar-refractivity contribution in [3.05, 3.63) is 29.3 Å². The Balaban J connectivity index is 2.69. The minimum Gasteiger partial charge on any atom is -0.466 e. The average Bonchev–Trinajstić information content (AvgIpc) is 2.39. The zero-order valence-corrected chi connectivity index (χ0v) is 15.3. The van der Waals surface area contributed by atoms with Crippen LogP contribution in [0, 0.1) is 6.92 Å². The van der Waals surface area contributed by atoms with Crippen molar-refractivity contribution >= 4 is 16.1 Å². The summed E-state index contributed by atoms with van der Waals surface area (Å²) in [4.78, 5) is 11.2. The lowest BCUT2D eigenvalue weighted by atomic mass is 9.86. The van der Waals surface area contributed by atoms with Crippen LogP contribution in [0.4, 0.5) is 0 Å². The van der Waals surface area contributed by atoms with Gasteiger partial charge in [-0.2, -0.15) is 8.42 Å². The van der Waals surface area contributed by atoms with Crippen molar-refractivity contribution in [3.63, 3.8) is 0 Å². The second-order valence-electron chi connectivity index (χ2n) is 6.48. The molecule has 6 heteroatoms. The Hall–Kier alpha value is -1.56. The van der Waals surface area contributed by atoms with Gasteiger partial charge >= 0.3 is 16.1 Å². The zero-order chi connectivity index (χ0) is 17.7. The maximum atomic E-state index is 12.0. The van der Waals surface area contributed by atoms with Crippen molar-refractivity contribution in [1.29, 1.82) is 0 Å². The van der Waals surface area contributed by atoms with E-state index >= 15 is 0 Å². The molecule has 0 amide bonds. The fraction of sp³-hybridized carbons (Fsp3) is 0.588. The molecule has 1 aromatic carbocycles. The van der Waals surface area contributed by atoms with Crippen LogP contribution in [-0.2, 0) is 25.1 Å². The molecule has 0 N–H and O–H groups in total. The highest BCUT2D eigenvalue weighted by Gasteiger charge is 2.18. The molecule has 0 atom stereocenters. The number of ether oxygens (including phenoxy) is 1. The fourth-order valence-corrected chi connectivity index (χ4v) is 3.06. The summed E-state index contributed by atoms with van der Waals surface area (Å²) < 4.78 is 33.9. The van der Waals surface area contributed by atoms with Gasteiger partial charge in [0.05, 0.1) is 12.4 Å². The molecule has 23 heavy (non-hydrogen) atoms. The van der Waals surface area contributed by atoms with Crippen LogP contribution >= 0.6 is 0 Å². The first-order valence-corrected chi connectivity index (χ1v) is 9.32. The van der Waals surface area contributed by atoms with Gasteiger partial charge in [-0.15, -0.1) is 0 Å². The molecular formula is C17H26O5S. The first kappa shape index (κ1) is 19.5. The molecule has 0 saturated carbocycles. The minimum atomic E-state index is -3.72. The van der Waals surface area contributed by atoms with Crippen LogP contribution < -0.4 is 4.18 Å². The topological polar surface area (TPSA) is 69.7 Å². The Bertz CT molecular complexity index is 641. The summed E-state index contributed by atoms with van der Waals surface area (Å²) in [6.45, 7) is 10.1. The standard InChI is InChI=1S/C17H26O5S/c1-6-21-16(18)8-7-11-23(19,20)22-15-10-9-14(12-13(15)2)17(3,4)5/h9-10,12H,6-8,11H2,1-5H3. The molecular weight excluding hydrogens is 316 g/mol. The summed E-state index contributed by atoms with van der Waals surface area (Å²) in [5, 5.41) is 0. The Labute approximate surface area is 139 Å². The van der Waals surface area contributed by atoms with Gasteiger partial charge in [0, 0.05) is 6.42 Å². The second kappa shape index (κ2) is 7.81. The number of esters is 1. The third-order valence-corrected chi connectivity index (χ3v) is 4.56. The Morgan fingerprint density at radius 2 is 1.87 bits per heavy atom. The molecule has 0 fully saturated rings. The monoisotopic (exact) mass is 342 g/mol. The zero-order valence-electron chi connectivity index (χ0n) is 14.5. The predicted molar refractivity (Wildman–Crippen MR) is 90.2 cm³/mol. The molecule has 0 spiro atoms. The number of aryl methyl sites for hydroxylation is 1. The molecule has 0 aliphatic rings.